The first-order valence-corrected chi connectivity index (χ1v) is 11.8. The molecule has 0 unspecified atom stereocenters. The number of nitrogens with one attached hydrogen (secondary N) is 1. The monoisotopic (exact) mass is 458 g/mol. The van der Waals surface area contributed by atoms with Crippen molar-refractivity contribution in [1.29, 1.82) is 0 Å². The summed E-state index contributed by atoms with van der Waals surface area (Å²) in [6, 6.07) is 23.4. The number of benzene rings is 3. The van der Waals surface area contributed by atoms with Gasteiger partial charge in [-0.05, 0) is 47.5 Å². The van der Waals surface area contributed by atoms with Gasteiger partial charge in [-0.3, -0.25) is 9.10 Å². The molecule has 0 spiro atoms. The van der Waals surface area contributed by atoms with Crippen LogP contribution in [0.25, 0.3) is 0 Å². The number of hydrogen-bond acceptors (Lipinski definition) is 4. The lowest BCUT2D eigenvalue weighted by atomic mass is 10.2. The van der Waals surface area contributed by atoms with Crippen molar-refractivity contribution in [2.75, 3.05) is 17.1 Å². The Balaban J connectivity index is 1.62. The average Bonchev–Trinajstić information content (AvgIpc) is 2.76. The van der Waals surface area contributed by atoms with Gasteiger partial charge in [0.1, 0.15) is 18.9 Å². The first-order valence-electron chi connectivity index (χ1n) is 9.57. The smallest absolute Gasteiger partial charge is 0.241 e. The molecule has 3 rings (SSSR count). The predicted molar refractivity (Wildman–Crippen MR) is 123 cm³/mol. The molecule has 0 aliphatic carbocycles. The Bertz CT molecular complexity index is 1100. The van der Waals surface area contributed by atoms with E-state index in [9.17, 15) is 13.2 Å². The first kappa shape index (κ1) is 22.7. The topological polar surface area (TPSA) is 75.7 Å². The van der Waals surface area contributed by atoms with E-state index in [1.54, 1.807) is 48.5 Å². The number of nitrogens with zero attached hydrogens (tertiary/aromatic N) is 1. The van der Waals surface area contributed by atoms with E-state index in [1.807, 2.05) is 30.3 Å². The molecule has 0 heterocycles. The molecular weight excluding hydrogens is 436 g/mol. The molecule has 1 N–H and O–H groups in total. The van der Waals surface area contributed by atoms with Gasteiger partial charge in [0.25, 0.3) is 0 Å². The van der Waals surface area contributed by atoms with Crippen LogP contribution in [0.5, 0.6) is 5.75 Å². The highest BCUT2D eigenvalue weighted by Crippen LogP contribution is 2.22. The summed E-state index contributed by atoms with van der Waals surface area (Å²) in [6.07, 6.45) is 1.07. The van der Waals surface area contributed by atoms with Gasteiger partial charge in [0.05, 0.1) is 11.9 Å². The normalized spacial score (nSPS) is 11.0. The van der Waals surface area contributed by atoms with E-state index in [0.29, 0.717) is 23.1 Å². The van der Waals surface area contributed by atoms with Gasteiger partial charge in [-0.25, -0.2) is 8.42 Å². The van der Waals surface area contributed by atoms with E-state index in [1.165, 1.54) is 0 Å². The lowest BCUT2D eigenvalue weighted by Gasteiger charge is -2.22. The number of sulfonamides is 1. The van der Waals surface area contributed by atoms with E-state index < -0.39 is 15.9 Å². The summed E-state index contributed by atoms with van der Waals surface area (Å²) >= 11 is 5.85. The van der Waals surface area contributed by atoms with Crippen LogP contribution in [0.15, 0.2) is 78.9 Å². The van der Waals surface area contributed by atoms with Gasteiger partial charge in [-0.1, -0.05) is 54.1 Å². The van der Waals surface area contributed by atoms with Gasteiger partial charge in [-0.2, -0.15) is 0 Å². The van der Waals surface area contributed by atoms with Gasteiger partial charge in [0.2, 0.25) is 15.9 Å². The molecule has 0 saturated carbocycles. The van der Waals surface area contributed by atoms with Gasteiger partial charge in [0, 0.05) is 11.6 Å². The van der Waals surface area contributed by atoms with Crippen LogP contribution in [0.4, 0.5) is 5.69 Å². The number of carbonyl (C=O) groups is 1. The standard InChI is InChI=1S/C23H23ClN2O4S/c1-31(28,29)26(16-23(27)25-15-18-7-9-20(24)10-8-18)21-11-13-22(14-12-21)30-17-19-5-3-2-4-6-19/h2-14H,15-17H2,1H3,(H,25,27). The van der Waals surface area contributed by atoms with E-state index in [4.69, 9.17) is 16.3 Å². The van der Waals surface area contributed by atoms with Crippen LogP contribution in [-0.2, 0) is 28.0 Å². The van der Waals surface area contributed by atoms with Crippen LogP contribution >= 0.6 is 11.6 Å². The fourth-order valence-corrected chi connectivity index (χ4v) is 3.82. The van der Waals surface area contributed by atoms with Gasteiger partial charge < -0.3 is 10.1 Å². The number of carbonyl (C=O) groups excluding carboxylic acids is 1. The molecule has 6 nitrogen and oxygen atoms in total. The van der Waals surface area contributed by atoms with Crippen molar-refractivity contribution in [3.63, 3.8) is 0 Å². The highest BCUT2D eigenvalue weighted by Gasteiger charge is 2.20. The second-order valence-corrected chi connectivity index (χ2v) is 9.28. The fraction of sp³-hybridized carbons (Fsp3) is 0.174. The molecule has 0 saturated heterocycles. The molecule has 0 aliphatic rings. The minimum atomic E-state index is -3.66. The SMILES string of the molecule is CS(=O)(=O)N(CC(=O)NCc1ccc(Cl)cc1)c1ccc(OCc2ccccc2)cc1. The van der Waals surface area contributed by atoms with E-state index in [0.717, 1.165) is 21.7 Å². The molecule has 0 radical (unpaired) electrons. The molecule has 0 atom stereocenters. The number of halogens is 1. The van der Waals surface area contributed by atoms with Crippen molar-refractivity contribution in [2.45, 2.75) is 13.2 Å². The summed E-state index contributed by atoms with van der Waals surface area (Å²) in [7, 11) is -3.66. The fourth-order valence-electron chi connectivity index (χ4n) is 2.84. The number of ether oxygens (including phenoxy) is 1. The highest BCUT2D eigenvalue weighted by molar-refractivity contribution is 7.92. The molecular formula is C23H23ClN2O4S. The molecule has 3 aromatic carbocycles. The average molecular weight is 459 g/mol. The Labute approximate surface area is 187 Å². The summed E-state index contributed by atoms with van der Waals surface area (Å²) in [5.74, 6) is 0.193. The number of rotatable bonds is 9. The van der Waals surface area contributed by atoms with Crippen molar-refractivity contribution >= 4 is 33.2 Å². The predicted octanol–water partition coefficient (Wildman–Crippen LogP) is 4.00. The lowest BCUT2D eigenvalue weighted by molar-refractivity contribution is -0.119. The van der Waals surface area contributed by atoms with Crippen LogP contribution in [0.2, 0.25) is 5.02 Å². The van der Waals surface area contributed by atoms with Crippen LogP contribution in [0.1, 0.15) is 11.1 Å². The van der Waals surface area contributed by atoms with Crippen molar-refractivity contribution < 1.29 is 17.9 Å². The zero-order valence-corrected chi connectivity index (χ0v) is 18.6. The molecule has 1 amide bonds. The van der Waals surface area contributed by atoms with Crippen molar-refractivity contribution in [3.05, 3.63) is 95.0 Å². The summed E-state index contributed by atoms with van der Waals surface area (Å²) in [5, 5.41) is 3.33. The maximum atomic E-state index is 12.4. The molecule has 0 aliphatic heterocycles. The number of anilines is 1. The molecule has 31 heavy (non-hydrogen) atoms. The molecule has 0 bridgehead atoms. The molecule has 162 valence electrons. The number of hydrogen-bond donors (Lipinski definition) is 1. The molecule has 0 fully saturated rings. The summed E-state index contributed by atoms with van der Waals surface area (Å²) in [4.78, 5) is 12.4. The quantitative estimate of drug-likeness (QED) is 0.525. The summed E-state index contributed by atoms with van der Waals surface area (Å²) < 4.78 is 31.3. The summed E-state index contributed by atoms with van der Waals surface area (Å²) in [6.45, 7) is 0.361. The Kier molecular flexibility index (Phi) is 7.55. The van der Waals surface area contributed by atoms with Crippen LogP contribution < -0.4 is 14.4 Å². The van der Waals surface area contributed by atoms with Crippen molar-refractivity contribution in [2.24, 2.45) is 0 Å². The molecule has 8 heteroatoms. The first-order chi connectivity index (χ1) is 14.8. The molecule has 0 aromatic heterocycles. The molecule has 3 aromatic rings. The Morgan fingerprint density at radius 2 is 1.58 bits per heavy atom. The second-order valence-electron chi connectivity index (χ2n) is 6.94. The van der Waals surface area contributed by atoms with E-state index in [2.05, 4.69) is 5.32 Å². The lowest BCUT2D eigenvalue weighted by Crippen LogP contribution is -2.40. The third-order valence-corrected chi connectivity index (χ3v) is 5.86. The van der Waals surface area contributed by atoms with E-state index in [-0.39, 0.29) is 13.1 Å². The van der Waals surface area contributed by atoms with E-state index >= 15 is 0 Å². The second kappa shape index (κ2) is 10.3. The Morgan fingerprint density at radius 1 is 0.935 bits per heavy atom. The zero-order valence-electron chi connectivity index (χ0n) is 17.0. The largest absolute Gasteiger partial charge is 0.489 e. The van der Waals surface area contributed by atoms with Crippen LogP contribution in [0.3, 0.4) is 0 Å². The highest BCUT2D eigenvalue weighted by atomic mass is 35.5. The maximum absolute atomic E-state index is 12.4. The van der Waals surface area contributed by atoms with Crippen molar-refractivity contribution in [3.8, 4) is 5.75 Å². The van der Waals surface area contributed by atoms with Gasteiger partial charge in [-0.15, -0.1) is 0 Å². The minimum Gasteiger partial charge on any atom is -0.489 e. The van der Waals surface area contributed by atoms with Crippen LogP contribution in [0, 0.1) is 0 Å². The Hall–Kier alpha value is -3.03. The third kappa shape index (κ3) is 7.01. The van der Waals surface area contributed by atoms with Gasteiger partial charge >= 0.3 is 0 Å². The summed E-state index contributed by atoms with van der Waals surface area (Å²) in [5.41, 5.74) is 2.28. The van der Waals surface area contributed by atoms with Gasteiger partial charge in [0.15, 0.2) is 0 Å². The zero-order chi connectivity index (χ0) is 22.3. The third-order valence-electron chi connectivity index (χ3n) is 4.46. The Morgan fingerprint density at radius 3 is 2.19 bits per heavy atom. The maximum Gasteiger partial charge on any atom is 0.241 e. The van der Waals surface area contributed by atoms with Crippen molar-refractivity contribution in [1.82, 2.24) is 5.32 Å². The number of amides is 1. The van der Waals surface area contributed by atoms with Crippen LogP contribution in [-0.4, -0.2) is 27.1 Å². The minimum absolute atomic E-state index is 0.278.